The molecule has 34 heavy (non-hydrogen) atoms. The molecule has 1 amide bonds. The molecule has 1 N–H and O–H groups in total. The van der Waals surface area contributed by atoms with Gasteiger partial charge in [0.05, 0.1) is 4.90 Å². The standard InChI is InChI=1S/C27H33BrN2O3S/c1-4-25(2,3)29-34(32,33)21-7-5-6-19(16-21)24(31)30-18-27(14-12-26(10-11-26)13-15-27)22-17-20(28)8-9-23(22)30/h5-9,16-17,29H,4,10-15,18H2,1-3H3. The van der Waals surface area contributed by atoms with E-state index in [1.165, 1.54) is 37.3 Å². The van der Waals surface area contributed by atoms with E-state index in [9.17, 15) is 13.2 Å². The Labute approximate surface area is 211 Å². The zero-order valence-corrected chi connectivity index (χ0v) is 22.6. The summed E-state index contributed by atoms with van der Waals surface area (Å²) >= 11 is 3.64. The van der Waals surface area contributed by atoms with Crippen molar-refractivity contribution in [2.75, 3.05) is 11.4 Å². The maximum Gasteiger partial charge on any atom is 0.258 e. The average molecular weight is 546 g/mol. The van der Waals surface area contributed by atoms with E-state index >= 15 is 0 Å². The summed E-state index contributed by atoms with van der Waals surface area (Å²) in [5.74, 6) is -0.140. The Hall–Kier alpha value is -1.70. The third kappa shape index (κ3) is 4.24. The first-order valence-corrected chi connectivity index (χ1v) is 14.5. The summed E-state index contributed by atoms with van der Waals surface area (Å²) in [6.07, 6.45) is 8.02. The summed E-state index contributed by atoms with van der Waals surface area (Å²) in [7, 11) is -3.74. The Kier molecular flexibility index (Phi) is 5.77. The van der Waals surface area contributed by atoms with Crippen molar-refractivity contribution in [1.82, 2.24) is 4.72 Å². The van der Waals surface area contributed by atoms with Crippen LogP contribution < -0.4 is 9.62 Å². The normalized spacial score (nSPS) is 20.5. The number of hydrogen-bond donors (Lipinski definition) is 1. The Morgan fingerprint density at radius 1 is 1.06 bits per heavy atom. The zero-order valence-electron chi connectivity index (χ0n) is 20.2. The molecule has 0 aromatic heterocycles. The maximum absolute atomic E-state index is 13.8. The summed E-state index contributed by atoms with van der Waals surface area (Å²) in [4.78, 5) is 15.8. The third-order valence-corrected chi connectivity index (χ3v) is 10.6. The SMILES string of the molecule is CCC(C)(C)NS(=O)(=O)c1cccc(C(=O)N2CC3(CCC4(CC4)CC3)c3cc(Br)ccc32)c1. The quantitative estimate of drug-likeness (QED) is 0.489. The fourth-order valence-electron chi connectivity index (χ4n) is 5.63. The Balaban J connectivity index is 1.46. The van der Waals surface area contributed by atoms with Gasteiger partial charge in [0.2, 0.25) is 10.0 Å². The van der Waals surface area contributed by atoms with Gasteiger partial charge in [0.25, 0.3) is 5.91 Å². The van der Waals surface area contributed by atoms with Gasteiger partial charge in [0.1, 0.15) is 0 Å². The number of halogens is 1. The molecule has 2 saturated carbocycles. The molecule has 1 aliphatic heterocycles. The lowest BCUT2D eigenvalue weighted by molar-refractivity contribution is 0.0980. The first kappa shape index (κ1) is 24.0. The molecule has 0 bridgehead atoms. The predicted octanol–water partition coefficient (Wildman–Crippen LogP) is 6.17. The Morgan fingerprint density at radius 2 is 1.74 bits per heavy atom. The van der Waals surface area contributed by atoms with Crippen LogP contribution in [0.3, 0.4) is 0 Å². The number of rotatable bonds is 5. The summed E-state index contributed by atoms with van der Waals surface area (Å²) in [5.41, 5.74) is 2.60. The molecule has 0 saturated heterocycles. The Morgan fingerprint density at radius 3 is 2.38 bits per heavy atom. The fourth-order valence-corrected chi connectivity index (χ4v) is 7.52. The molecule has 1 heterocycles. The highest BCUT2D eigenvalue weighted by molar-refractivity contribution is 9.10. The van der Waals surface area contributed by atoms with Gasteiger partial charge < -0.3 is 4.90 Å². The molecule has 2 aromatic carbocycles. The molecule has 2 aliphatic carbocycles. The van der Waals surface area contributed by atoms with Crippen LogP contribution in [0.1, 0.15) is 81.6 Å². The van der Waals surface area contributed by atoms with E-state index in [-0.39, 0.29) is 16.2 Å². The molecule has 0 atom stereocenters. The monoisotopic (exact) mass is 544 g/mol. The highest BCUT2D eigenvalue weighted by Gasteiger charge is 2.53. The van der Waals surface area contributed by atoms with E-state index < -0.39 is 15.6 Å². The van der Waals surface area contributed by atoms with E-state index in [0.717, 1.165) is 23.0 Å². The highest BCUT2D eigenvalue weighted by atomic mass is 79.9. The number of amides is 1. The molecule has 7 heteroatoms. The number of benzene rings is 2. The van der Waals surface area contributed by atoms with E-state index in [1.807, 2.05) is 37.8 Å². The molecule has 0 radical (unpaired) electrons. The lowest BCUT2D eigenvalue weighted by Crippen LogP contribution is -2.42. The van der Waals surface area contributed by atoms with Crippen molar-refractivity contribution in [3.63, 3.8) is 0 Å². The molecule has 2 aromatic rings. The van der Waals surface area contributed by atoms with Crippen molar-refractivity contribution in [3.8, 4) is 0 Å². The van der Waals surface area contributed by atoms with Gasteiger partial charge >= 0.3 is 0 Å². The lowest BCUT2D eigenvalue weighted by atomic mass is 9.66. The van der Waals surface area contributed by atoms with Crippen LogP contribution in [0.2, 0.25) is 0 Å². The van der Waals surface area contributed by atoms with Crippen LogP contribution in [0.4, 0.5) is 5.69 Å². The minimum absolute atomic E-state index is 0.0149. The van der Waals surface area contributed by atoms with Crippen LogP contribution >= 0.6 is 15.9 Å². The summed E-state index contributed by atoms with van der Waals surface area (Å²) in [5, 5.41) is 0. The molecule has 2 spiro atoms. The van der Waals surface area contributed by atoms with Crippen LogP contribution in [0, 0.1) is 5.41 Å². The molecule has 5 rings (SSSR count). The van der Waals surface area contributed by atoms with Crippen LogP contribution in [0.15, 0.2) is 51.8 Å². The molecular weight excluding hydrogens is 512 g/mol. The average Bonchev–Trinajstić information content (AvgIpc) is 3.50. The second kappa shape index (κ2) is 8.17. The van der Waals surface area contributed by atoms with E-state index in [1.54, 1.807) is 18.2 Å². The Bertz CT molecular complexity index is 1240. The van der Waals surface area contributed by atoms with Gasteiger partial charge in [-0.3, -0.25) is 4.79 Å². The van der Waals surface area contributed by atoms with Gasteiger partial charge in [-0.25, -0.2) is 13.1 Å². The molecule has 2 fully saturated rings. The molecule has 5 nitrogen and oxygen atoms in total. The van der Waals surface area contributed by atoms with E-state index in [0.29, 0.717) is 23.9 Å². The van der Waals surface area contributed by atoms with Gasteiger partial charge in [-0.1, -0.05) is 28.9 Å². The largest absolute Gasteiger partial charge is 0.307 e. The van der Waals surface area contributed by atoms with E-state index in [4.69, 9.17) is 0 Å². The van der Waals surface area contributed by atoms with Crippen molar-refractivity contribution in [3.05, 3.63) is 58.1 Å². The topological polar surface area (TPSA) is 66.5 Å². The fraction of sp³-hybridized carbons (Fsp3) is 0.519. The number of nitrogens with one attached hydrogen (secondary N) is 1. The first-order valence-electron chi connectivity index (χ1n) is 12.2. The van der Waals surface area contributed by atoms with Crippen LogP contribution in [-0.4, -0.2) is 26.4 Å². The predicted molar refractivity (Wildman–Crippen MR) is 139 cm³/mol. The third-order valence-electron chi connectivity index (χ3n) is 8.44. The maximum atomic E-state index is 13.8. The van der Waals surface area contributed by atoms with Crippen molar-refractivity contribution in [2.45, 2.75) is 81.6 Å². The van der Waals surface area contributed by atoms with E-state index in [2.05, 4.69) is 26.7 Å². The van der Waals surface area contributed by atoms with Crippen LogP contribution in [0.25, 0.3) is 0 Å². The number of carbonyl (C=O) groups is 1. The van der Waals surface area contributed by atoms with Crippen LogP contribution in [0.5, 0.6) is 0 Å². The number of fused-ring (bicyclic) bond motifs is 2. The van der Waals surface area contributed by atoms with Gasteiger partial charge in [-0.2, -0.15) is 0 Å². The summed E-state index contributed by atoms with van der Waals surface area (Å²) < 4.78 is 29.8. The minimum atomic E-state index is -3.74. The second-order valence-corrected chi connectivity index (χ2v) is 13.8. The van der Waals surface area contributed by atoms with Crippen molar-refractivity contribution < 1.29 is 13.2 Å². The summed E-state index contributed by atoms with van der Waals surface area (Å²) in [6, 6.07) is 12.6. The van der Waals surface area contributed by atoms with Crippen molar-refractivity contribution in [1.29, 1.82) is 0 Å². The van der Waals surface area contributed by atoms with Gasteiger partial charge in [-0.05, 0) is 106 Å². The minimum Gasteiger partial charge on any atom is -0.307 e. The lowest BCUT2D eigenvalue weighted by Gasteiger charge is -2.38. The summed E-state index contributed by atoms with van der Waals surface area (Å²) in [6.45, 7) is 6.31. The van der Waals surface area contributed by atoms with Crippen molar-refractivity contribution >= 4 is 37.5 Å². The molecule has 182 valence electrons. The number of carbonyl (C=O) groups excluding carboxylic acids is 1. The molecule has 0 unspecified atom stereocenters. The zero-order chi connectivity index (χ0) is 24.4. The van der Waals surface area contributed by atoms with Crippen molar-refractivity contribution in [2.24, 2.45) is 5.41 Å². The van der Waals surface area contributed by atoms with Gasteiger partial charge in [-0.15, -0.1) is 0 Å². The second-order valence-electron chi connectivity index (χ2n) is 11.2. The first-order chi connectivity index (χ1) is 16.0. The smallest absolute Gasteiger partial charge is 0.258 e. The van der Waals surface area contributed by atoms with Crippen LogP contribution in [-0.2, 0) is 15.4 Å². The highest BCUT2D eigenvalue weighted by Crippen LogP contribution is 2.62. The molecular formula is C27H33BrN2O3S. The number of nitrogens with zero attached hydrogens (tertiary/aromatic N) is 1. The van der Waals surface area contributed by atoms with Gasteiger partial charge in [0.15, 0.2) is 0 Å². The number of hydrogen-bond acceptors (Lipinski definition) is 3. The molecule has 3 aliphatic rings. The van der Waals surface area contributed by atoms with Gasteiger partial charge in [0, 0.05) is 33.2 Å². The number of sulfonamides is 1. The number of anilines is 1.